The van der Waals surface area contributed by atoms with Gasteiger partial charge in [-0.3, -0.25) is 14.4 Å². The average Bonchev–Trinajstić information content (AvgIpc) is 3.36. The lowest BCUT2D eigenvalue weighted by atomic mass is 9.45. The van der Waals surface area contributed by atoms with Gasteiger partial charge in [0.1, 0.15) is 6.04 Å². The summed E-state index contributed by atoms with van der Waals surface area (Å²) in [6.45, 7) is 11.3. The van der Waals surface area contributed by atoms with Crippen molar-refractivity contribution in [2.75, 3.05) is 32.6 Å². The summed E-state index contributed by atoms with van der Waals surface area (Å²) in [6.07, 6.45) is 0.971. The fraction of sp³-hybridized carbons (Fsp3) is 0.600. The number of hydroxylamine groups is 2. The van der Waals surface area contributed by atoms with Crippen molar-refractivity contribution >= 4 is 17.5 Å². The van der Waals surface area contributed by atoms with E-state index in [2.05, 4.69) is 50.5 Å². The summed E-state index contributed by atoms with van der Waals surface area (Å²) < 4.78 is 0. The standard InChI is InChI=1S/C35H51N5O4/c1-19-22(10-9-11-27(19)23-12-24(33(42)37-6)14-26(13-23)39(7)8)18-40-32(31(21(3)41)30(17-36)44-40)34(43)38-29-16-25-15-28(20(29)2)35(25,4)5/h9-14,20-21,25,28-32,41H,15-18,36H2,1-8H3,(H,37,42)(H,38,43)/t20-,21-,25-,28+,29-,30-,31+,32-/m0/s1. The second-order valence-electron chi connectivity index (χ2n) is 14.1. The molecule has 2 amide bonds. The first-order valence-electron chi connectivity index (χ1n) is 16.0. The molecule has 5 N–H and O–H groups in total. The van der Waals surface area contributed by atoms with Crippen LogP contribution in [-0.4, -0.2) is 74.0 Å². The third-order valence-corrected chi connectivity index (χ3v) is 11.1. The van der Waals surface area contributed by atoms with E-state index in [4.69, 9.17) is 10.6 Å². The molecule has 9 heteroatoms. The van der Waals surface area contributed by atoms with Crippen LogP contribution in [0.5, 0.6) is 0 Å². The van der Waals surface area contributed by atoms with Crippen LogP contribution in [0, 0.1) is 36.0 Å². The minimum atomic E-state index is -0.773. The quantitative estimate of drug-likeness (QED) is 0.344. The monoisotopic (exact) mass is 605 g/mol. The van der Waals surface area contributed by atoms with Gasteiger partial charge < -0.3 is 26.4 Å². The van der Waals surface area contributed by atoms with Gasteiger partial charge >= 0.3 is 0 Å². The van der Waals surface area contributed by atoms with E-state index in [0.717, 1.165) is 34.4 Å². The Morgan fingerprint density at radius 3 is 2.52 bits per heavy atom. The Hall–Kier alpha value is -2.98. The van der Waals surface area contributed by atoms with Crippen molar-refractivity contribution in [1.82, 2.24) is 15.7 Å². The summed E-state index contributed by atoms with van der Waals surface area (Å²) in [5.74, 6) is 0.905. The SMILES string of the molecule is CNC(=O)c1cc(-c2cccc(CN3O[C@@H](CN)[C@@H]([C@H](C)O)[C@H]3C(=O)N[C@H]3C[C@@H]4C[C@H]([C@@H]3C)C4(C)C)c2C)cc(N(C)C)c1. The zero-order valence-electron chi connectivity index (χ0n) is 27.6. The van der Waals surface area contributed by atoms with Crippen LogP contribution in [0.15, 0.2) is 36.4 Å². The van der Waals surface area contributed by atoms with E-state index >= 15 is 0 Å². The molecule has 2 aromatic rings. The van der Waals surface area contributed by atoms with E-state index in [0.29, 0.717) is 35.3 Å². The largest absolute Gasteiger partial charge is 0.393 e. The number of nitrogens with two attached hydrogens (primary N) is 1. The molecule has 4 aliphatic rings. The van der Waals surface area contributed by atoms with Crippen LogP contribution in [0.2, 0.25) is 0 Å². The number of carbonyl (C=O) groups excluding carboxylic acids is 2. The molecule has 240 valence electrons. The summed E-state index contributed by atoms with van der Waals surface area (Å²) in [5, 5.41) is 18.7. The summed E-state index contributed by atoms with van der Waals surface area (Å²) in [7, 11) is 5.54. The maximum Gasteiger partial charge on any atom is 0.251 e. The molecular formula is C35H51N5O4. The lowest BCUT2D eigenvalue weighted by Gasteiger charge is -2.62. The van der Waals surface area contributed by atoms with Gasteiger partial charge in [-0.2, -0.15) is 5.06 Å². The number of aliphatic hydroxyl groups excluding tert-OH is 1. The number of benzene rings is 2. The van der Waals surface area contributed by atoms with E-state index < -0.39 is 24.2 Å². The molecule has 8 atom stereocenters. The van der Waals surface area contributed by atoms with Gasteiger partial charge in [-0.25, -0.2) is 0 Å². The maximum absolute atomic E-state index is 14.1. The second kappa shape index (κ2) is 12.4. The van der Waals surface area contributed by atoms with Crippen molar-refractivity contribution in [3.05, 3.63) is 53.1 Å². The topological polar surface area (TPSA) is 120 Å². The molecular weight excluding hydrogens is 554 g/mol. The molecule has 0 aromatic heterocycles. The molecule has 1 saturated heterocycles. The summed E-state index contributed by atoms with van der Waals surface area (Å²) in [4.78, 5) is 35.0. The van der Waals surface area contributed by atoms with Crippen LogP contribution in [0.25, 0.3) is 11.1 Å². The van der Waals surface area contributed by atoms with Gasteiger partial charge in [0.25, 0.3) is 5.91 Å². The van der Waals surface area contributed by atoms with Crippen LogP contribution < -0.4 is 21.3 Å². The molecule has 3 aliphatic carbocycles. The molecule has 6 rings (SSSR count). The second-order valence-corrected chi connectivity index (χ2v) is 14.1. The van der Waals surface area contributed by atoms with Crippen molar-refractivity contribution in [2.45, 2.75) is 78.3 Å². The highest BCUT2D eigenvalue weighted by atomic mass is 16.7. The average molecular weight is 606 g/mol. The Balaban J connectivity index is 1.44. The molecule has 0 spiro atoms. The van der Waals surface area contributed by atoms with Crippen LogP contribution in [0.4, 0.5) is 5.69 Å². The highest BCUT2D eigenvalue weighted by Crippen LogP contribution is 2.61. The lowest BCUT2D eigenvalue weighted by molar-refractivity contribution is -0.175. The Morgan fingerprint density at radius 2 is 1.93 bits per heavy atom. The van der Waals surface area contributed by atoms with Gasteiger partial charge in [-0.1, -0.05) is 39.0 Å². The molecule has 2 aromatic carbocycles. The van der Waals surface area contributed by atoms with Crippen LogP contribution in [0.1, 0.15) is 62.0 Å². The number of hydrogen-bond donors (Lipinski definition) is 4. The van der Waals surface area contributed by atoms with Crippen molar-refractivity contribution < 1.29 is 19.5 Å². The number of anilines is 1. The molecule has 4 fully saturated rings. The van der Waals surface area contributed by atoms with Crippen LogP contribution in [0.3, 0.4) is 0 Å². The number of aliphatic hydroxyl groups is 1. The molecule has 0 radical (unpaired) electrons. The van der Waals surface area contributed by atoms with E-state index in [9.17, 15) is 14.7 Å². The first-order valence-corrected chi connectivity index (χ1v) is 16.0. The van der Waals surface area contributed by atoms with E-state index in [1.807, 2.05) is 43.3 Å². The Labute approximate surface area is 262 Å². The zero-order valence-corrected chi connectivity index (χ0v) is 27.6. The van der Waals surface area contributed by atoms with E-state index in [1.165, 1.54) is 6.42 Å². The van der Waals surface area contributed by atoms with Gasteiger partial charge in [0.15, 0.2) is 0 Å². The van der Waals surface area contributed by atoms with Crippen molar-refractivity contribution in [3.8, 4) is 11.1 Å². The number of fused-ring (bicyclic) bond motifs is 2. The number of carbonyl (C=O) groups is 2. The summed E-state index contributed by atoms with van der Waals surface area (Å²) in [6, 6.07) is 11.4. The fourth-order valence-corrected chi connectivity index (χ4v) is 8.17. The molecule has 3 saturated carbocycles. The zero-order chi connectivity index (χ0) is 32.1. The molecule has 9 nitrogen and oxygen atoms in total. The third kappa shape index (κ3) is 5.75. The highest BCUT2D eigenvalue weighted by molar-refractivity contribution is 5.96. The first kappa shape index (κ1) is 32.4. The summed E-state index contributed by atoms with van der Waals surface area (Å²) >= 11 is 0. The van der Waals surface area contributed by atoms with E-state index in [1.54, 1.807) is 19.0 Å². The minimum Gasteiger partial charge on any atom is -0.393 e. The predicted octanol–water partition coefficient (Wildman–Crippen LogP) is 3.71. The number of nitrogens with zero attached hydrogens (tertiary/aromatic N) is 2. The molecule has 2 bridgehead atoms. The van der Waals surface area contributed by atoms with Crippen molar-refractivity contribution in [1.29, 1.82) is 0 Å². The maximum atomic E-state index is 14.1. The number of amides is 2. The number of rotatable bonds is 9. The van der Waals surface area contributed by atoms with Crippen LogP contribution in [-0.2, 0) is 16.2 Å². The molecule has 0 unspecified atom stereocenters. The van der Waals surface area contributed by atoms with Crippen LogP contribution >= 0.6 is 0 Å². The Morgan fingerprint density at radius 1 is 1.20 bits per heavy atom. The van der Waals surface area contributed by atoms with Gasteiger partial charge in [0, 0.05) is 50.9 Å². The molecule has 1 aliphatic heterocycles. The number of nitrogens with one attached hydrogen (secondary N) is 2. The normalized spacial score (nSPS) is 29.9. The Bertz CT molecular complexity index is 1390. The summed E-state index contributed by atoms with van der Waals surface area (Å²) in [5.41, 5.74) is 11.9. The van der Waals surface area contributed by atoms with Gasteiger partial charge in [0.05, 0.1) is 18.8 Å². The van der Waals surface area contributed by atoms with Crippen molar-refractivity contribution in [2.24, 2.45) is 34.8 Å². The Kier molecular flexibility index (Phi) is 9.16. The first-order chi connectivity index (χ1) is 20.8. The molecule has 1 heterocycles. The number of hydrogen-bond acceptors (Lipinski definition) is 7. The fourth-order valence-electron chi connectivity index (χ4n) is 8.17. The van der Waals surface area contributed by atoms with E-state index in [-0.39, 0.29) is 24.4 Å². The minimum absolute atomic E-state index is 0.106. The van der Waals surface area contributed by atoms with Gasteiger partial charge in [-0.15, -0.1) is 0 Å². The predicted molar refractivity (Wildman–Crippen MR) is 174 cm³/mol. The van der Waals surface area contributed by atoms with Gasteiger partial charge in [-0.05, 0) is 90.3 Å². The lowest BCUT2D eigenvalue weighted by Crippen LogP contribution is -2.62. The third-order valence-electron chi connectivity index (χ3n) is 11.1. The molecule has 44 heavy (non-hydrogen) atoms. The highest BCUT2D eigenvalue weighted by Gasteiger charge is 2.57. The van der Waals surface area contributed by atoms with Crippen molar-refractivity contribution in [3.63, 3.8) is 0 Å². The van der Waals surface area contributed by atoms with Gasteiger partial charge in [0.2, 0.25) is 5.91 Å². The smallest absolute Gasteiger partial charge is 0.251 e.